The average molecular weight is 485 g/mol. The van der Waals surface area contributed by atoms with Crippen LogP contribution in [0.1, 0.15) is 13.3 Å². The van der Waals surface area contributed by atoms with Gasteiger partial charge in [0.2, 0.25) is 10.0 Å². The summed E-state index contributed by atoms with van der Waals surface area (Å²) in [4.78, 5) is 23.6. The lowest BCUT2D eigenvalue weighted by atomic mass is 10.3. The molecule has 0 atom stereocenters. The fraction of sp³-hybridized carbons (Fsp3) is 0.263. The van der Waals surface area contributed by atoms with Crippen molar-refractivity contribution in [1.29, 1.82) is 0 Å². The Kier molecular flexibility index (Phi) is 8.62. The molecule has 0 unspecified atom stereocenters. The number of hydrogen-bond donors (Lipinski definition) is 2. The Labute approximate surface area is 177 Å². The third-order valence-electron chi connectivity index (χ3n) is 3.56. The van der Waals surface area contributed by atoms with Crippen LogP contribution in [-0.4, -0.2) is 40.1 Å². The summed E-state index contributed by atoms with van der Waals surface area (Å²) in [7, 11) is -3.76. The number of carbonyl (C=O) groups is 2. The van der Waals surface area contributed by atoms with Gasteiger partial charge in [-0.15, -0.1) is 0 Å². The number of hydrogen-bond acceptors (Lipinski definition) is 6. The molecule has 0 bridgehead atoms. The summed E-state index contributed by atoms with van der Waals surface area (Å²) < 4.78 is 37.7. The van der Waals surface area contributed by atoms with Crippen LogP contribution >= 0.6 is 15.9 Å². The predicted octanol–water partition coefficient (Wildman–Crippen LogP) is 2.70. The Hall–Kier alpha value is -2.43. The van der Waals surface area contributed by atoms with Crippen molar-refractivity contribution in [3.8, 4) is 5.75 Å². The van der Waals surface area contributed by atoms with Gasteiger partial charge in [0, 0.05) is 16.7 Å². The molecular weight excluding hydrogens is 464 g/mol. The van der Waals surface area contributed by atoms with Crippen LogP contribution in [0.2, 0.25) is 0 Å². The van der Waals surface area contributed by atoms with Gasteiger partial charge in [0.05, 0.1) is 17.9 Å². The highest BCUT2D eigenvalue weighted by atomic mass is 79.9. The maximum Gasteiger partial charge on any atom is 0.307 e. The molecule has 2 rings (SSSR count). The molecule has 0 aliphatic carbocycles. The maximum absolute atomic E-state index is 12.2. The molecule has 1 amide bonds. The zero-order chi connectivity index (χ0) is 21.3. The summed E-state index contributed by atoms with van der Waals surface area (Å²) in [6.07, 6.45) is -0.207. The largest absolute Gasteiger partial charge is 0.494 e. The first kappa shape index (κ1) is 22.9. The quantitative estimate of drug-likeness (QED) is 0.501. The van der Waals surface area contributed by atoms with Crippen LogP contribution in [0, 0.1) is 0 Å². The van der Waals surface area contributed by atoms with E-state index < -0.39 is 28.5 Å². The minimum absolute atomic E-state index is 0.0585. The minimum Gasteiger partial charge on any atom is -0.494 e. The van der Waals surface area contributed by atoms with E-state index in [2.05, 4.69) is 26.0 Å². The van der Waals surface area contributed by atoms with Crippen LogP contribution < -0.4 is 14.8 Å². The number of nitrogens with one attached hydrogen (secondary N) is 2. The van der Waals surface area contributed by atoms with Crippen molar-refractivity contribution >= 4 is 43.5 Å². The molecule has 29 heavy (non-hydrogen) atoms. The van der Waals surface area contributed by atoms with E-state index in [-0.39, 0.29) is 17.9 Å². The van der Waals surface area contributed by atoms with Crippen LogP contribution in [0.4, 0.5) is 5.69 Å². The number of sulfonamides is 1. The van der Waals surface area contributed by atoms with Crippen LogP contribution in [-0.2, 0) is 24.3 Å². The fourth-order valence-electron chi connectivity index (χ4n) is 2.20. The Morgan fingerprint density at radius 2 is 1.69 bits per heavy atom. The van der Waals surface area contributed by atoms with E-state index in [1.807, 2.05) is 6.92 Å². The SMILES string of the molecule is CCOc1ccc(S(=O)(=O)NCCC(=O)OCC(=O)Nc2ccc(Br)cc2)cc1. The zero-order valence-corrected chi connectivity index (χ0v) is 18.1. The van der Waals surface area contributed by atoms with Gasteiger partial charge in [0.1, 0.15) is 5.75 Å². The Morgan fingerprint density at radius 1 is 1.03 bits per heavy atom. The summed E-state index contributed by atoms with van der Waals surface area (Å²) in [5, 5.41) is 2.58. The minimum atomic E-state index is -3.76. The second kappa shape index (κ2) is 10.9. The van der Waals surface area contributed by atoms with Gasteiger partial charge < -0.3 is 14.8 Å². The van der Waals surface area contributed by atoms with Crippen molar-refractivity contribution in [2.75, 3.05) is 25.1 Å². The van der Waals surface area contributed by atoms with E-state index in [9.17, 15) is 18.0 Å². The lowest BCUT2D eigenvalue weighted by Crippen LogP contribution is -2.28. The monoisotopic (exact) mass is 484 g/mol. The molecule has 0 aliphatic heterocycles. The molecule has 0 aromatic heterocycles. The number of rotatable bonds is 10. The topological polar surface area (TPSA) is 111 Å². The Bertz CT molecular complexity index is 930. The summed E-state index contributed by atoms with van der Waals surface area (Å²) in [6, 6.07) is 12.8. The summed E-state index contributed by atoms with van der Waals surface area (Å²) in [6.45, 7) is 1.70. The van der Waals surface area contributed by atoms with E-state index in [1.54, 1.807) is 36.4 Å². The van der Waals surface area contributed by atoms with Gasteiger partial charge in [-0.05, 0) is 55.5 Å². The molecular formula is C19H21BrN2O6S. The first-order chi connectivity index (χ1) is 13.8. The lowest BCUT2D eigenvalue weighted by molar-refractivity contribution is -0.147. The number of halogens is 1. The number of carbonyl (C=O) groups excluding carboxylic acids is 2. The summed E-state index contributed by atoms with van der Waals surface area (Å²) >= 11 is 3.29. The highest BCUT2D eigenvalue weighted by Gasteiger charge is 2.15. The van der Waals surface area contributed by atoms with Crippen molar-refractivity contribution in [3.05, 3.63) is 53.0 Å². The van der Waals surface area contributed by atoms with Crippen molar-refractivity contribution in [2.45, 2.75) is 18.2 Å². The van der Waals surface area contributed by atoms with Crippen LogP contribution in [0.25, 0.3) is 0 Å². The number of benzene rings is 2. The van der Waals surface area contributed by atoms with Gasteiger partial charge >= 0.3 is 5.97 Å². The molecule has 0 spiro atoms. The molecule has 10 heteroatoms. The molecule has 2 aromatic carbocycles. The van der Waals surface area contributed by atoms with E-state index in [0.717, 1.165) is 4.47 Å². The molecule has 0 heterocycles. The maximum atomic E-state index is 12.2. The fourth-order valence-corrected chi connectivity index (χ4v) is 3.50. The standard InChI is InChI=1S/C19H21BrN2O6S/c1-2-27-16-7-9-17(10-8-16)29(25,26)21-12-11-19(24)28-13-18(23)22-15-5-3-14(20)4-6-15/h3-10,21H,2,11-13H2,1H3,(H,22,23). The number of ether oxygens (including phenoxy) is 2. The lowest BCUT2D eigenvalue weighted by Gasteiger charge is -2.09. The van der Waals surface area contributed by atoms with Crippen molar-refractivity contribution < 1.29 is 27.5 Å². The molecule has 0 fully saturated rings. The summed E-state index contributed by atoms with van der Waals surface area (Å²) in [5.74, 6) is -0.613. The molecule has 0 radical (unpaired) electrons. The van der Waals surface area contributed by atoms with Gasteiger partial charge in [-0.1, -0.05) is 15.9 Å². The third-order valence-corrected chi connectivity index (χ3v) is 5.56. The van der Waals surface area contributed by atoms with Crippen molar-refractivity contribution in [2.24, 2.45) is 0 Å². The number of anilines is 1. The van der Waals surface area contributed by atoms with Crippen LogP contribution in [0.15, 0.2) is 57.9 Å². The molecule has 2 N–H and O–H groups in total. The first-order valence-corrected chi connectivity index (χ1v) is 11.0. The number of amides is 1. The molecule has 2 aromatic rings. The summed E-state index contributed by atoms with van der Waals surface area (Å²) in [5.41, 5.74) is 0.567. The molecule has 0 aliphatic rings. The third kappa shape index (κ3) is 7.84. The van der Waals surface area contributed by atoms with Crippen molar-refractivity contribution in [1.82, 2.24) is 4.72 Å². The highest BCUT2D eigenvalue weighted by molar-refractivity contribution is 9.10. The number of esters is 1. The Morgan fingerprint density at radius 3 is 2.31 bits per heavy atom. The molecule has 0 saturated carbocycles. The van der Waals surface area contributed by atoms with Gasteiger partial charge in [-0.2, -0.15) is 0 Å². The molecule has 156 valence electrons. The van der Waals surface area contributed by atoms with Gasteiger partial charge in [-0.3, -0.25) is 9.59 Å². The molecule has 8 nitrogen and oxygen atoms in total. The zero-order valence-electron chi connectivity index (χ0n) is 15.7. The second-order valence-corrected chi connectivity index (χ2v) is 8.45. The van der Waals surface area contributed by atoms with E-state index in [0.29, 0.717) is 18.0 Å². The van der Waals surface area contributed by atoms with E-state index in [1.165, 1.54) is 12.1 Å². The smallest absolute Gasteiger partial charge is 0.307 e. The Balaban J connectivity index is 1.72. The van der Waals surface area contributed by atoms with Gasteiger partial charge in [0.15, 0.2) is 6.61 Å². The molecule has 0 saturated heterocycles. The van der Waals surface area contributed by atoms with Crippen LogP contribution in [0.5, 0.6) is 5.75 Å². The normalized spacial score (nSPS) is 11.0. The van der Waals surface area contributed by atoms with E-state index >= 15 is 0 Å². The predicted molar refractivity (Wildman–Crippen MR) is 111 cm³/mol. The first-order valence-electron chi connectivity index (χ1n) is 8.73. The van der Waals surface area contributed by atoms with Crippen LogP contribution in [0.3, 0.4) is 0 Å². The highest BCUT2D eigenvalue weighted by Crippen LogP contribution is 2.16. The van der Waals surface area contributed by atoms with Gasteiger partial charge in [-0.25, -0.2) is 13.1 Å². The van der Waals surface area contributed by atoms with Gasteiger partial charge in [0.25, 0.3) is 5.91 Å². The second-order valence-electron chi connectivity index (χ2n) is 5.77. The average Bonchev–Trinajstić information content (AvgIpc) is 2.69. The van der Waals surface area contributed by atoms with E-state index in [4.69, 9.17) is 9.47 Å². The van der Waals surface area contributed by atoms with Crippen molar-refractivity contribution in [3.63, 3.8) is 0 Å².